The summed E-state index contributed by atoms with van der Waals surface area (Å²) in [4.78, 5) is 10.5. The molecule has 0 heterocycles. The van der Waals surface area contributed by atoms with Gasteiger partial charge in [0.2, 0.25) is 0 Å². The number of rotatable bonds is 4. The lowest BCUT2D eigenvalue weighted by molar-refractivity contribution is -0.136. The number of carbonyl (C=O) groups is 1. The molecule has 0 aliphatic rings. The Morgan fingerprint density at radius 1 is 1.60 bits per heavy atom. The number of aliphatic carboxylic acids is 1. The van der Waals surface area contributed by atoms with E-state index in [0.717, 1.165) is 0 Å². The topological polar surface area (TPSA) is 46.5 Å². The fourth-order valence-corrected chi connectivity index (χ4v) is 1.61. The highest BCUT2D eigenvalue weighted by atomic mass is 79.9. The van der Waals surface area contributed by atoms with Crippen molar-refractivity contribution >= 4 is 21.9 Å². The first-order valence-electron chi connectivity index (χ1n) is 4.20. The van der Waals surface area contributed by atoms with Crippen LogP contribution in [0.15, 0.2) is 22.7 Å². The van der Waals surface area contributed by atoms with Gasteiger partial charge < -0.3 is 9.84 Å². The summed E-state index contributed by atoms with van der Waals surface area (Å²) in [5.41, 5.74) is 0.711. The Morgan fingerprint density at radius 3 is 2.87 bits per heavy atom. The van der Waals surface area contributed by atoms with E-state index in [9.17, 15) is 4.79 Å². The van der Waals surface area contributed by atoms with Crippen molar-refractivity contribution in [2.45, 2.75) is 6.42 Å². The van der Waals surface area contributed by atoms with Gasteiger partial charge in [0, 0.05) is 0 Å². The molecule has 0 aliphatic carbocycles. The number of carboxylic acid groups (broad SMARTS) is 1. The van der Waals surface area contributed by atoms with Crippen molar-refractivity contribution in [3.63, 3.8) is 0 Å². The van der Waals surface area contributed by atoms with E-state index >= 15 is 0 Å². The summed E-state index contributed by atoms with van der Waals surface area (Å²) in [6, 6.07) is 5.10. The van der Waals surface area contributed by atoms with Crippen LogP contribution < -0.4 is 4.74 Å². The number of ether oxygens (including phenoxy) is 1. The number of hydrogen-bond acceptors (Lipinski definition) is 2. The Bertz CT molecular complexity index is 407. The van der Waals surface area contributed by atoms with Crippen molar-refractivity contribution in [3.8, 4) is 18.1 Å². The van der Waals surface area contributed by atoms with E-state index < -0.39 is 5.97 Å². The molecule has 0 saturated carbocycles. The highest BCUT2D eigenvalue weighted by Crippen LogP contribution is 2.26. The minimum Gasteiger partial charge on any atom is -0.481 e. The van der Waals surface area contributed by atoms with E-state index in [-0.39, 0.29) is 13.0 Å². The summed E-state index contributed by atoms with van der Waals surface area (Å²) in [5, 5.41) is 8.60. The first kappa shape index (κ1) is 11.6. The van der Waals surface area contributed by atoms with Gasteiger partial charge in [-0.15, -0.1) is 6.42 Å². The average molecular weight is 269 g/mol. The molecule has 0 spiro atoms. The smallest absolute Gasteiger partial charge is 0.307 e. The average Bonchev–Trinajstić information content (AvgIpc) is 2.15. The molecule has 0 amide bonds. The lowest BCUT2D eigenvalue weighted by atomic mass is 10.1. The quantitative estimate of drug-likeness (QED) is 0.851. The van der Waals surface area contributed by atoms with Gasteiger partial charge in [-0.1, -0.05) is 12.0 Å². The zero-order valence-corrected chi connectivity index (χ0v) is 9.45. The summed E-state index contributed by atoms with van der Waals surface area (Å²) < 4.78 is 5.92. The Morgan fingerprint density at radius 2 is 2.33 bits per heavy atom. The van der Waals surface area contributed by atoms with Crippen molar-refractivity contribution < 1.29 is 14.6 Å². The molecule has 0 radical (unpaired) electrons. The van der Waals surface area contributed by atoms with Gasteiger partial charge in [-0.3, -0.25) is 4.79 Å². The standard InChI is InChI=1S/C11H9BrO3/c1-2-5-15-10-4-3-8(6-9(10)12)7-11(13)14/h1,3-4,6H,5,7H2,(H,13,14). The van der Waals surface area contributed by atoms with Crippen molar-refractivity contribution in [2.24, 2.45) is 0 Å². The molecule has 0 aromatic heterocycles. The first-order chi connectivity index (χ1) is 7.13. The van der Waals surface area contributed by atoms with Crippen molar-refractivity contribution in [1.82, 2.24) is 0 Å². The summed E-state index contributed by atoms with van der Waals surface area (Å²) in [6.45, 7) is 0.191. The van der Waals surface area contributed by atoms with E-state index in [1.54, 1.807) is 18.2 Å². The van der Waals surface area contributed by atoms with Gasteiger partial charge in [-0.2, -0.15) is 0 Å². The van der Waals surface area contributed by atoms with Crippen molar-refractivity contribution in [2.75, 3.05) is 6.61 Å². The zero-order chi connectivity index (χ0) is 11.3. The Kier molecular flexibility index (Phi) is 4.19. The summed E-state index contributed by atoms with van der Waals surface area (Å²) >= 11 is 3.28. The molecular formula is C11H9BrO3. The van der Waals surface area contributed by atoms with Crippen LogP contribution in [0.5, 0.6) is 5.75 Å². The maximum atomic E-state index is 10.5. The molecule has 1 rings (SSSR count). The molecule has 0 aliphatic heterocycles. The Hall–Kier alpha value is -1.47. The normalized spacial score (nSPS) is 9.33. The van der Waals surface area contributed by atoms with Crippen LogP contribution in [0.4, 0.5) is 0 Å². The molecule has 0 atom stereocenters. The van der Waals surface area contributed by atoms with Gasteiger partial charge in [-0.05, 0) is 33.6 Å². The fraction of sp³-hybridized carbons (Fsp3) is 0.182. The molecular weight excluding hydrogens is 260 g/mol. The minimum atomic E-state index is -0.862. The molecule has 1 aromatic carbocycles. The second kappa shape index (κ2) is 5.42. The fourth-order valence-electron chi connectivity index (χ4n) is 1.07. The van der Waals surface area contributed by atoms with E-state index in [2.05, 4.69) is 21.9 Å². The molecule has 15 heavy (non-hydrogen) atoms. The molecule has 0 fully saturated rings. The Balaban J connectivity index is 2.79. The first-order valence-corrected chi connectivity index (χ1v) is 4.99. The van der Waals surface area contributed by atoms with Gasteiger partial charge in [-0.25, -0.2) is 0 Å². The molecule has 3 nitrogen and oxygen atoms in total. The van der Waals surface area contributed by atoms with Crippen LogP contribution >= 0.6 is 15.9 Å². The molecule has 1 aromatic rings. The third-order valence-corrected chi connectivity index (χ3v) is 2.28. The van der Waals surface area contributed by atoms with E-state index in [1.165, 1.54) is 0 Å². The van der Waals surface area contributed by atoms with Crippen LogP contribution in [-0.4, -0.2) is 17.7 Å². The predicted octanol–water partition coefficient (Wildman–Crippen LogP) is 2.09. The van der Waals surface area contributed by atoms with E-state index in [0.29, 0.717) is 15.8 Å². The maximum absolute atomic E-state index is 10.5. The molecule has 4 heteroatoms. The summed E-state index contributed by atoms with van der Waals surface area (Å²) in [5.74, 6) is 2.10. The van der Waals surface area contributed by atoms with Crippen molar-refractivity contribution in [1.29, 1.82) is 0 Å². The number of terminal acetylenes is 1. The van der Waals surface area contributed by atoms with Gasteiger partial charge >= 0.3 is 5.97 Å². The van der Waals surface area contributed by atoms with Gasteiger partial charge in [0.1, 0.15) is 12.4 Å². The van der Waals surface area contributed by atoms with Crippen LogP contribution in [0.2, 0.25) is 0 Å². The maximum Gasteiger partial charge on any atom is 0.307 e. The van der Waals surface area contributed by atoms with Crippen LogP contribution in [0.25, 0.3) is 0 Å². The molecule has 0 saturated heterocycles. The van der Waals surface area contributed by atoms with E-state index in [1.807, 2.05) is 0 Å². The van der Waals surface area contributed by atoms with Crippen LogP contribution in [-0.2, 0) is 11.2 Å². The lowest BCUT2D eigenvalue weighted by Crippen LogP contribution is -2.00. The lowest BCUT2D eigenvalue weighted by Gasteiger charge is -2.06. The largest absolute Gasteiger partial charge is 0.481 e. The monoisotopic (exact) mass is 268 g/mol. The van der Waals surface area contributed by atoms with Gasteiger partial charge in [0.05, 0.1) is 10.9 Å². The number of carboxylic acids is 1. The molecule has 0 bridgehead atoms. The van der Waals surface area contributed by atoms with E-state index in [4.69, 9.17) is 16.3 Å². The van der Waals surface area contributed by atoms with Gasteiger partial charge in [0.25, 0.3) is 0 Å². The number of hydrogen-bond donors (Lipinski definition) is 1. The van der Waals surface area contributed by atoms with Crippen LogP contribution in [0.1, 0.15) is 5.56 Å². The minimum absolute atomic E-state index is 0.00593. The predicted molar refractivity (Wildman–Crippen MR) is 59.8 cm³/mol. The molecule has 0 unspecified atom stereocenters. The molecule has 1 N–H and O–H groups in total. The second-order valence-electron chi connectivity index (χ2n) is 2.83. The van der Waals surface area contributed by atoms with Crippen LogP contribution in [0.3, 0.4) is 0 Å². The highest BCUT2D eigenvalue weighted by molar-refractivity contribution is 9.10. The van der Waals surface area contributed by atoms with Crippen LogP contribution in [0, 0.1) is 12.3 Å². The third-order valence-electron chi connectivity index (χ3n) is 1.66. The summed E-state index contributed by atoms with van der Waals surface area (Å²) in [7, 11) is 0. The number of halogens is 1. The van der Waals surface area contributed by atoms with Crippen molar-refractivity contribution in [3.05, 3.63) is 28.2 Å². The third kappa shape index (κ3) is 3.64. The molecule has 78 valence electrons. The highest BCUT2D eigenvalue weighted by Gasteiger charge is 2.05. The Labute approximate surface area is 96.2 Å². The SMILES string of the molecule is C#CCOc1ccc(CC(=O)O)cc1Br. The second-order valence-corrected chi connectivity index (χ2v) is 3.68. The summed E-state index contributed by atoms with van der Waals surface area (Å²) in [6.07, 6.45) is 5.05. The zero-order valence-electron chi connectivity index (χ0n) is 7.87. The number of benzene rings is 1. The van der Waals surface area contributed by atoms with Gasteiger partial charge in [0.15, 0.2) is 0 Å².